The first kappa shape index (κ1) is 16.7. The lowest BCUT2D eigenvalue weighted by Gasteiger charge is -2.43. The minimum atomic E-state index is 0.0940. The minimum absolute atomic E-state index is 0.0940. The highest BCUT2D eigenvalue weighted by Crippen LogP contribution is 2.42. The molecular weight excluding hydrogens is 330 g/mol. The third-order valence-corrected chi connectivity index (χ3v) is 6.70. The van der Waals surface area contributed by atoms with Gasteiger partial charge in [0, 0.05) is 29.5 Å². The highest BCUT2D eigenvalue weighted by Gasteiger charge is 2.40. The zero-order valence-electron chi connectivity index (χ0n) is 14.4. The van der Waals surface area contributed by atoms with E-state index in [1.54, 1.807) is 11.3 Å². The van der Waals surface area contributed by atoms with Crippen LogP contribution in [0.25, 0.3) is 0 Å². The van der Waals surface area contributed by atoms with Crippen LogP contribution in [0.2, 0.25) is 0 Å². The van der Waals surface area contributed by atoms with E-state index < -0.39 is 0 Å². The Hall–Kier alpha value is -1.72. The van der Waals surface area contributed by atoms with Crippen molar-refractivity contribution in [2.45, 2.75) is 44.6 Å². The summed E-state index contributed by atoms with van der Waals surface area (Å²) < 4.78 is 0. The van der Waals surface area contributed by atoms with E-state index in [0.29, 0.717) is 17.9 Å². The molecule has 0 spiro atoms. The SMILES string of the molecule is NC1C2CCCC1CC(C(=O)Nc1ncc(Cc3ccccc3)s1)C2. The Morgan fingerprint density at radius 1 is 1.20 bits per heavy atom. The third-order valence-electron chi connectivity index (χ3n) is 5.79. The van der Waals surface area contributed by atoms with Gasteiger partial charge in [0.25, 0.3) is 0 Å². The summed E-state index contributed by atoms with van der Waals surface area (Å²) in [6.45, 7) is 0. The predicted octanol–water partition coefficient (Wildman–Crippen LogP) is 3.83. The molecule has 4 rings (SSSR count). The Kier molecular flexibility index (Phi) is 4.86. The van der Waals surface area contributed by atoms with Gasteiger partial charge in [0.2, 0.25) is 5.91 Å². The molecule has 0 saturated heterocycles. The molecule has 2 aliphatic carbocycles. The van der Waals surface area contributed by atoms with Gasteiger partial charge in [0.05, 0.1) is 0 Å². The number of aromatic nitrogens is 1. The van der Waals surface area contributed by atoms with Crippen molar-refractivity contribution in [3.8, 4) is 0 Å². The summed E-state index contributed by atoms with van der Waals surface area (Å²) in [5.74, 6) is 1.27. The van der Waals surface area contributed by atoms with Gasteiger partial charge in [-0.15, -0.1) is 11.3 Å². The number of thiazole rings is 1. The molecule has 132 valence electrons. The maximum absolute atomic E-state index is 12.7. The second-order valence-electron chi connectivity index (χ2n) is 7.48. The van der Waals surface area contributed by atoms with Crippen LogP contribution in [-0.4, -0.2) is 16.9 Å². The average Bonchev–Trinajstić information content (AvgIpc) is 3.02. The van der Waals surface area contributed by atoms with Crippen molar-refractivity contribution in [1.82, 2.24) is 4.98 Å². The van der Waals surface area contributed by atoms with Crippen molar-refractivity contribution >= 4 is 22.4 Å². The molecule has 2 unspecified atom stereocenters. The number of nitrogens with two attached hydrogens (primary N) is 1. The van der Waals surface area contributed by atoms with Crippen LogP contribution in [0.1, 0.15) is 42.5 Å². The van der Waals surface area contributed by atoms with E-state index in [9.17, 15) is 4.79 Å². The normalized spacial score (nSPS) is 28.5. The first-order valence-electron chi connectivity index (χ1n) is 9.24. The molecule has 25 heavy (non-hydrogen) atoms. The van der Waals surface area contributed by atoms with Crippen molar-refractivity contribution < 1.29 is 4.79 Å². The van der Waals surface area contributed by atoms with Gasteiger partial charge in [0.15, 0.2) is 5.13 Å². The molecule has 0 radical (unpaired) electrons. The number of benzene rings is 1. The van der Waals surface area contributed by atoms with Crippen LogP contribution in [0.15, 0.2) is 36.5 Å². The summed E-state index contributed by atoms with van der Waals surface area (Å²) in [5.41, 5.74) is 7.60. The highest BCUT2D eigenvalue weighted by atomic mass is 32.1. The first-order valence-corrected chi connectivity index (χ1v) is 10.1. The molecule has 1 aromatic carbocycles. The van der Waals surface area contributed by atoms with Gasteiger partial charge in [-0.25, -0.2) is 4.98 Å². The third kappa shape index (κ3) is 3.77. The Bertz CT molecular complexity index is 716. The molecule has 2 aromatic rings. The number of hydrogen-bond donors (Lipinski definition) is 2. The summed E-state index contributed by atoms with van der Waals surface area (Å²) in [4.78, 5) is 18.3. The van der Waals surface area contributed by atoms with Crippen molar-refractivity contribution in [2.75, 3.05) is 5.32 Å². The molecule has 0 aliphatic heterocycles. The van der Waals surface area contributed by atoms with Crippen molar-refractivity contribution in [3.05, 3.63) is 47.0 Å². The number of carbonyl (C=O) groups is 1. The summed E-state index contributed by atoms with van der Waals surface area (Å²) in [7, 11) is 0. The Morgan fingerprint density at radius 2 is 1.92 bits per heavy atom. The van der Waals surface area contributed by atoms with Crippen LogP contribution >= 0.6 is 11.3 Å². The van der Waals surface area contributed by atoms with E-state index in [1.807, 2.05) is 24.4 Å². The van der Waals surface area contributed by atoms with Crippen molar-refractivity contribution in [2.24, 2.45) is 23.5 Å². The maximum atomic E-state index is 12.7. The molecule has 1 aromatic heterocycles. The zero-order valence-corrected chi connectivity index (χ0v) is 15.2. The molecule has 5 heteroatoms. The lowest BCUT2D eigenvalue weighted by Crippen LogP contribution is -2.48. The molecule has 1 amide bonds. The van der Waals surface area contributed by atoms with E-state index in [4.69, 9.17) is 5.73 Å². The fourth-order valence-electron chi connectivity index (χ4n) is 4.45. The lowest BCUT2D eigenvalue weighted by molar-refractivity contribution is -0.122. The second kappa shape index (κ2) is 7.26. The van der Waals surface area contributed by atoms with Gasteiger partial charge in [-0.1, -0.05) is 36.8 Å². The molecular formula is C20H25N3OS. The molecule has 3 N–H and O–H groups in total. The average molecular weight is 356 g/mol. The van der Waals surface area contributed by atoms with Gasteiger partial charge in [0.1, 0.15) is 0 Å². The highest BCUT2D eigenvalue weighted by molar-refractivity contribution is 7.15. The number of hydrogen-bond acceptors (Lipinski definition) is 4. The van der Waals surface area contributed by atoms with Crippen LogP contribution in [0.4, 0.5) is 5.13 Å². The Balaban J connectivity index is 1.37. The summed E-state index contributed by atoms with van der Waals surface area (Å²) >= 11 is 1.57. The van der Waals surface area contributed by atoms with Crippen molar-refractivity contribution in [1.29, 1.82) is 0 Å². The molecule has 1 heterocycles. The van der Waals surface area contributed by atoms with Gasteiger partial charge < -0.3 is 11.1 Å². The van der Waals surface area contributed by atoms with Gasteiger partial charge in [-0.05, 0) is 43.1 Å². The fraction of sp³-hybridized carbons (Fsp3) is 0.500. The number of nitrogens with one attached hydrogen (secondary N) is 1. The molecule has 2 atom stereocenters. The number of rotatable bonds is 4. The zero-order chi connectivity index (χ0) is 17.2. The number of amides is 1. The largest absolute Gasteiger partial charge is 0.327 e. The van der Waals surface area contributed by atoms with E-state index >= 15 is 0 Å². The predicted molar refractivity (Wildman–Crippen MR) is 102 cm³/mol. The minimum Gasteiger partial charge on any atom is -0.327 e. The Morgan fingerprint density at radius 3 is 2.64 bits per heavy atom. The molecule has 2 fully saturated rings. The first-order chi connectivity index (χ1) is 12.2. The van der Waals surface area contributed by atoms with Crippen molar-refractivity contribution in [3.63, 3.8) is 0 Å². The van der Waals surface area contributed by atoms with E-state index in [2.05, 4.69) is 22.4 Å². The fourth-order valence-corrected chi connectivity index (χ4v) is 5.30. The van der Waals surface area contributed by atoms with E-state index in [1.165, 1.54) is 29.7 Å². The molecule has 2 bridgehead atoms. The van der Waals surface area contributed by atoms with Crippen LogP contribution in [0.5, 0.6) is 0 Å². The van der Waals surface area contributed by atoms with Crippen LogP contribution in [0, 0.1) is 17.8 Å². The van der Waals surface area contributed by atoms with Crippen LogP contribution < -0.4 is 11.1 Å². The second-order valence-corrected chi connectivity index (χ2v) is 8.60. The van der Waals surface area contributed by atoms with Crippen LogP contribution in [0.3, 0.4) is 0 Å². The number of nitrogens with zero attached hydrogens (tertiary/aromatic N) is 1. The number of fused-ring (bicyclic) bond motifs is 2. The summed E-state index contributed by atoms with van der Waals surface area (Å²) in [5, 5.41) is 3.77. The standard InChI is InChI=1S/C20H25N3OS/c21-18-14-7-4-8-15(18)11-16(10-14)19(24)23-20-22-12-17(25-20)9-13-5-2-1-3-6-13/h1-3,5-6,12,14-16,18H,4,7-11,21H2,(H,22,23,24). The van der Waals surface area contributed by atoms with E-state index in [-0.39, 0.29) is 11.8 Å². The summed E-state index contributed by atoms with van der Waals surface area (Å²) in [6.07, 6.45) is 8.24. The topological polar surface area (TPSA) is 68.0 Å². The molecule has 2 saturated carbocycles. The van der Waals surface area contributed by atoms with Gasteiger partial charge >= 0.3 is 0 Å². The number of anilines is 1. The van der Waals surface area contributed by atoms with E-state index in [0.717, 1.165) is 24.4 Å². The van der Waals surface area contributed by atoms with Gasteiger partial charge in [-0.3, -0.25) is 4.79 Å². The quantitative estimate of drug-likeness (QED) is 0.876. The lowest BCUT2D eigenvalue weighted by atomic mass is 9.65. The Labute approximate surface area is 152 Å². The monoisotopic (exact) mass is 355 g/mol. The summed E-state index contributed by atoms with van der Waals surface area (Å²) in [6, 6.07) is 10.6. The molecule has 4 nitrogen and oxygen atoms in total. The van der Waals surface area contributed by atoms with Gasteiger partial charge in [-0.2, -0.15) is 0 Å². The maximum Gasteiger partial charge on any atom is 0.229 e. The number of carbonyl (C=O) groups excluding carboxylic acids is 1. The van der Waals surface area contributed by atoms with Crippen LogP contribution in [-0.2, 0) is 11.2 Å². The molecule has 2 aliphatic rings. The smallest absolute Gasteiger partial charge is 0.229 e.